The Morgan fingerprint density at radius 3 is 2.55 bits per heavy atom. The normalized spacial score (nSPS) is 21.0. The highest BCUT2D eigenvalue weighted by atomic mass is 19.4. The number of rotatable bonds is 5. The van der Waals surface area contributed by atoms with Crippen LogP contribution in [-0.2, 0) is 4.74 Å². The minimum absolute atomic E-state index is 0.0625. The van der Waals surface area contributed by atoms with Crippen LogP contribution < -0.4 is 9.47 Å². The van der Waals surface area contributed by atoms with E-state index in [2.05, 4.69) is 9.72 Å². The van der Waals surface area contributed by atoms with Crippen LogP contribution in [0.4, 0.5) is 13.2 Å². The third-order valence-corrected chi connectivity index (χ3v) is 3.62. The number of nitrogens with zero attached hydrogens (tertiary/aromatic N) is 1. The van der Waals surface area contributed by atoms with Gasteiger partial charge >= 0.3 is 12.1 Å². The molecular weight excluding hydrogens is 303 g/mol. The smallest absolute Gasteiger partial charge is 0.391 e. The highest BCUT2D eigenvalue weighted by molar-refractivity contribution is 5.87. The second kappa shape index (κ2) is 6.41. The summed E-state index contributed by atoms with van der Waals surface area (Å²) in [5, 5.41) is 0. The van der Waals surface area contributed by atoms with Crippen LogP contribution in [0.3, 0.4) is 0 Å². The third-order valence-electron chi connectivity index (χ3n) is 3.62. The molecule has 0 aromatic carbocycles. The van der Waals surface area contributed by atoms with Crippen LogP contribution in [0, 0.1) is 11.8 Å². The Kier molecular flexibility index (Phi) is 4.77. The summed E-state index contributed by atoms with van der Waals surface area (Å²) in [6.07, 6.45) is -2.69. The lowest BCUT2D eigenvalue weighted by Crippen LogP contribution is -2.38. The molecule has 0 unspecified atom stereocenters. The van der Waals surface area contributed by atoms with Crippen LogP contribution in [0.25, 0.3) is 0 Å². The van der Waals surface area contributed by atoms with Gasteiger partial charge in [0.15, 0.2) is 17.2 Å². The first-order chi connectivity index (χ1) is 10.3. The minimum atomic E-state index is -4.13. The van der Waals surface area contributed by atoms with Crippen molar-refractivity contribution in [2.75, 3.05) is 20.8 Å². The van der Waals surface area contributed by atoms with E-state index < -0.39 is 18.1 Å². The predicted octanol–water partition coefficient (Wildman–Crippen LogP) is 2.84. The van der Waals surface area contributed by atoms with Gasteiger partial charge in [-0.05, 0) is 18.8 Å². The lowest BCUT2D eigenvalue weighted by molar-refractivity contribution is -0.206. The average molecular weight is 319 g/mol. The van der Waals surface area contributed by atoms with E-state index in [1.165, 1.54) is 26.5 Å². The molecule has 1 aromatic rings. The summed E-state index contributed by atoms with van der Waals surface area (Å²) in [4.78, 5) is 15.2. The van der Waals surface area contributed by atoms with Crippen molar-refractivity contribution in [3.8, 4) is 11.5 Å². The zero-order chi connectivity index (χ0) is 16.3. The van der Waals surface area contributed by atoms with Gasteiger partial charge < -0.3 is 14.2 Å². The van der Waals surface area contributed by atoms with Crippen molar-refractivity contribution in [2.24, 2.45) is 11.8 Å². The molecule has 0 N–H and O–H groups in total. The fourth-order valence-electron chi connectivity index (χ4n) is 2.26. The molecule has 0 aliphatic heterocycles. The van der Waals surface area contributed by atoms with Crippen molar-refractivity contribution in [1.29, 1.82) is 0 Å². The van der Waals surface area contributed by atoms with E-state index in [0.29, 0.717) is 0 Å². The maximum atomic E-state index is 12.4. The predicted molar refractivity (Wildman–Crippen MR) is 69.9 cm³/mol. The first kappa shape index (κ1) is 16.4. The molecule has 1 fully saturated rings. The fraction of sp³-hybridized carbons (Fsp3) is 0.571. The standard InChI is InChI=1S/C14H16F3NO4/c1-20-11-5-10(13(19)21-2)18-6-12(11)22-7-8-3-9(4-8)14(15,16)17/h5-6,8-9H,3-4,7H2,1-2H3. The number of methoxy groups -OCH3 is 2. The maximum absolute atomic E-state index is 12.4. The Morgan fingerprint density at radius 2 is 2.00 bits per heavy atom. The molecule has 22 heavy (non-hydrogen) atoms. The van der Waals surface area contributed by atoms with Gasteiger partial charge in [-0.1, -0.05) is 0 Å². The Bertz CT molecular complexity index is 541. The maximum Gasteiger partial charge on any atom is 0.391 e. The molecule has 1 aromatic heterocycles. The summed E-state index contributed by atoms with van der Waals surface area (Å²) >= 11 is 0. The molecule has 0 radical (unpaired) electrons. The van der Waals surface area contributed by atoms with Crippen molar-refractivity contribution >= 4 is 5.97 Å². The number of alkyl halides is 3. The number of hydrogen-bond acceptors (Lipinski definition) is 5. The third kappa shape index (κ3) is 3.61. The van der Waals surface area contributed by atoms with Gasteiger partial charge in [0.25, 0.3) is 0 Å². The molecule has 0 amide bonds. The Hall–Kier alpha value is -1.99. The fourth-order valence-corrected chi connectivity index (χ4v) is 2.26. The number of halogens is 3. The number of carbonyl (C=O) groups is 1. The van der Waals surface area contributed by atoms with Gasteiger partial charge in [-0.3, -0.25) is 0 Å². The lowest BCUT2D eigenvalue weighted by Gasteiger charge is -2.36. The van der Waals surface area contributed by atoms with Crippen molar-refractivity contribution < 1.29 is 32.2 Å². The van der Waals surface area contributed by atoms with Gasteiger partial charge in [0.2, 0.25) is 0 Å². The molecule has 0 atom stereocenters. The molecule has 0 saturated heterocycles. The van der Waals surface area contributed by atoms with Gasteiger partial charge in [-0.15, -0.1) is 0 Å². The number of aromatic nitrogens is 1. The molecule has 1 aliphatic carbocycles. The second-order valence-electron chi connectivity index (χ2n) is 5.10. The van der Waals surface area contributed by atoms with Gasteiger partial charge in [0, 0.05) is 6.07 Å². The summed E-state index contributed by atoms with van der Waals surface area (Å²) in [7, 11) is 2.63. The largest absolute Gasteiger partial charge is 0.493 e. The Balaban J connectivity index is 1.92. The zero-order valence-electron chi connectivity index (χ0n) is 12.1. The van der Waals surface area contributed by atoms with Crippen LogP contribution in [0.5, 0.6) is 11.5 Å². The quantitative estimate of drug-likeness (QED) is 0.781. The summed E-state index contributed by atoms with van der Waals surface area (Å²) in [5.41, 5.74) is 0.0625. The van der Waals surface area contributed by atoms with E-state index in [4.69, 9.17) is 9.47 Å². The SMILES string of the molecule is COC(=O)c1cc(OC)c(OCC2CC(C(F)(F)F)C2)cn1. The van der Waals surface area contributed by atoms with Gasteiger partial charge in [-0.25, -0.2) is 9.78 Å². The van der Waals surface area contributed by atoms with Crippen molar-refractivity contribution in [3.05, 3.63) is 18.0 Å². The van der Waals surface area contributed by atoms with Crippen LogP contribution in [0.1, 0.15) is 23.3 Å². The van der Waals surface area contributed by atoms with Gasteiger partial charge in [0.05, 0.1) is 32.9 Å². The van der Waals surface area contributed by atoms with E-state index in [-0.39, 0.29) is 42.6 Å². The van der Waals surface area contributed by atoms with E-state index >= 15 is 0 Å². The number of hydrogen-bond donors (Lipinski definition) is 0. The monoisotopic (exact) mass is 319 g/mol. The Morgan fingerprint density at radius 1 is 1.32 bits per heavy atom. The molecule has 1 heterocycles. The molecule has 5 nitrogen and oxygen atoms in total. The second-order valence-corrected chi connectivity index (χ2v) is 5.10. The lowest BCUT2D eigenvalue weighted by atomic mass is 9.75. The molecule has 1 saturated carbocycles. The first-order valence-corrected chi connectivity index (χ1v) is 6.67. The van der Waals surface area contributed by atoms with E-state index in [0.717, 1.165) is 0 Å². The zero-order valence-corrected chi connectivity index (χ0v) is 12.1. The van der Waals surface area contributed by atoms with Crippen LogP contribution in [-0.4, -0.2) is 38.0 Å². The summed E-state index contributed by atoms with van der Waals surface area (Å²) in [6.45, 7) is 0.155. The molecule has 122 valence electrons. The minimum Gasteiger partial charge on any atom is -0.493 e. The van der Waals surface area contributed by atoms with Crippen molar-refractivity contribution in [3.63, 3.8) is 0 Å². The summed E-state index contributed by atoms with van der Waals surface area (Å²) in [5.74, 6) is -1.43. The molecule has 0 spiro atoms. The molecule has 1 aliphatic rings. The topological polar surface area (TPSA) is 57.7 Å². The highest BCUT2D eigenvalue weighted by Crippen LogP contribution is 2.45. The number of pyridine rings is 1. The Labute approximate surface area is 125 Å². The summed E-state index contributed by atoms with van der Waals surface area (Å²) in [6, 6.07) is 1.36. The molecule has 2 rings (SSSR count). The highest BCUT2D eigenvalue weighted by Gasteiger charge is 2.47. The van der Waals surface area contributed by atoms with E-state index in [1.807, 2.05) is 0 Å². The van der Waals surface area contributed by atoms with E-state index in [1.54, 1.807) is 0 Å². The van der Waals surface area contributed by atoms with Gasteiger partial charge in [0.1, 0.15) is 0 Å². The molecule has 8 heteroatoms. The van der Waals surface area contributed by atoms with Crippen molar-refractivity contribution in [1.82, 2.24) is 4.98 Å². The van der Waals surface area contributed by atoms with E-state index in [9.17, 15) is 18.0 Å². The number of ether oxygens (including phenoxy) is 3. The van der Waals surface area contributed by atoms with Gasteiger partial charge in [-0.2, -0.15) is 13.2 Å². The number of carbonyl (C=O) groups excluding carboxylic acids is 1. The number of esters is 1. The van der Waals surface area contributed by atoms with Crippen LogP contribution in [0.2, 0.25) is 0 Å². The molecule has 0 bridgehead atoms. The van der Waals surface area contributed by atoms with Crippen LogP contribution >= 0.6 is 0 Å². The average Bonchev–Trinajstić information content (AvgIpc) is 2.43. The summed E-state index contributed by atoms with van der Waals surface area (Å²) < 4.78 is 52.3. The molecular formula is C14H16F3NO4. The van der Waals surface area contributed by atoms with Crippen molar-refractivity contribution in [2.45, 2.75) is 19.0 Å². The van der Waals surface area contributed by atoms with Crippen LogP contribution in [0.15, 0.2) is 12.3 Å². The first-order valence-electron chi connectivity index (χ1n) is 6.67.